The van der Waals surface area contributed by atoms with Crippen LogP contribution in [-0.4, -0.2) is 13.1 Å². The predicted octanol–water partition coefficient (Wildman–Crippen LogP) is 6.27. The number of halogens is 1. The summed E-state index contributed by atoms with van der Waals surface area (Å²) in [6, 6.07) is 20.5. The average Bonchev–Trinajstić information content (AvgIpc) is 2.70. The Balaban J connectivity index is 1.88. The molecule has 3 aromatic rings. The average molecular weight is 388 g/mol. The Labute approximate surface area is 171 Å². The largest absolute Gasteiger partial charge is 0.465 e. The van der Waals surface area contributed by atoms with Crippen LogP contribution in [-0.2, 0) is 11.2 Å². The van der Waals surface area contributed by atoms with Gasteiger partial charge in [0.25, 0.3) is 0 Å². The van der Waals surface area contributed by atoms with Crippen LogP contribution in [0.1, 0.15) is 44.1 Å². The van der Waals surface area contributed by atoms with Gasteiger partial charge in [0.2, 0.25) is 0 Å². The smallest absolute Gasteiger partial charge is 0.337 e. The second-order valence-corrected chi connectivity index (χ2v) is 7.33. The van der Waals surface area contributed by atoms with Gasteiger partial charge >= 0.3 is 5.97 Å². The number of esters is 1. The van der Waals surface area contributed by atoms with E-state index < -0.39 is 0 Å². The van der Waals surface area contributed by atoms with E-state index in [0.29, 0.717) is 5.56 Å². The highest BCUT2D eigenvalue weighted by Crippen LogP contribution is 2.25. The van der Waals surface area contributed by atoms with E-state index in [4.69, 9.17) is 4.74 Å². The van der Waals surface area contributed by atoms with Crippen molar-refractivity contribution in [3.8, 4) is 0 Å². The Bertz CT molecular complexity index is 999. The van der Waals surface area contributed by atoms with Gasteiger partial charge in [-0.05, 0) is 61.2 Å². The fraction of sp³-hybridized carbons (Fsp3) is 0.192. The van der Waals surface area contributed by atoms with E-state index in [-0.39, 0.29) is 17.7 Å². The van der Waals surface area contributed by atoms with Crippen molar-refractivity contribution in [3.05, 3.63) is 112 Å². The normalized spacial score (nSPS) is 12.1. The van der Waals surface area contributed by atoms with Gasteiger partial charge in [0.15, 0.2) is 0 Å². The van der Waals surface area contributed by atoms with E-state index in [2.05, 4.69) is 38.1 Å². The fourth-order valence-electron chi connectivity index (χ4n) is 3.55. The van der Waals surface area contributed by atoms with Crippen molar-refractivity contribution < 1.29 is 13.9 Å². The quantitative estimate of drug-likeness (QED) is 0.465. The first kappa shape index (κ1) is 20.5. The van der Waals surface area contributed by atoms with Crippen LogP contribution < -0.4 is 0 Å². The molecule has 0 aliphatic heterocycles. The van der Waals surface area contributed by atoms with Gasteiger partial charge in [-0.15, -0.1) is 0 Å². The molecule has 0 aliphatic rings. The fourth-order valence-corrected chi connectivity index (χ4v) is 3.55. The molecular weight excluding hydrogens is 363 g/mol. The first-order valence-electron chi connectivity index (χ1n) is 9.64. The standard InChI is InChI=1S/C26H25FO2/c1-18-13-19(2)15-21(14-18)16-24(23-5-4-6-25(27)17-23)12-9-20-7-10-22(11-8-20)26(28)29-3/h4-15,17,24H,16H2,1-3H3/b12-9+. The Morgan fingerprint density at radius 3 is 2.31 bits per heavy atom. The highest BCUT2D eigenvalue weighted by atomic mass is 19.1. The van der Waals surface area contributed by atoms with Crippen molar-refractivity contribution >= 4 is 12.0 Å². The molecule has 148 valence electrons. The zero-order valence-corrected chi connectivity index (χ0v) is 17.0. The zero-order chi connectivity index (χ0) is 20.8. The Hall–Kier alpha value is -3.20. The molecule has 3 heteroatoms. The third kappa shape index (κ3) is 5.64. The number of ether oxygens (including phenoxy) is 1. The number of rotatable bonds is 6. The van der Waals surface area contributed by atoms with E-state index in [9.17, 15) is 9.18 Å². The van der Waals surface area contributed by atoms with Gasteiger partial charge in [0, 0.05) is 5.92 Å². The number of methoxy groups -OCH3 is 1. The van der Waals surface area contributed by atoms with Crippen molar-refractivity contribution in [1.82, 2.24) is 0 Å². The molecule has 0 N–H and O–H groups in total. The molecule has 2 nitrogen and oxygen atoms in total. The lowest BCUT2D eigenvalue weighted by molar-refractivity contribution is 0.0600. The Morgan fingerprint density at radius 1 is 1.00 bits per heavy atom. The molecule has 0 bridgehead atoms. The van der Waals surface area contributed by atoms with E-state index in [1.54, 1.807) is 24.3 Å². The lowest BCUT2D eigenvalue weighted by Crippen LogP contribution is -2.02. The van der Waals surface area contributed by atoms with Gasteiger partial charge < -0.3 is 4.74 Å². The number of benzene rings is 3. The molecule has 0 saturated heterocycles. The number of aryl methyl sites for hydroxylation is 2. The summed E-state index contributed by atoms with van der Waals surface area (Å²) in [5.74, 6) is -0.552. The third-order valence-corrected chi connectivity index (χ3v) is 4.87. The summed E-state index contributed by atoms with van der Waals surface area (Å²) in [6.07, 6.45) is 4.89. The molecule has 0 saturated carbocycles. The van der Waals surface area contributed by atoms with Gasteiger partial charge in [0.1, 0.15) is 5.82 Å². The molecule has 0 fully saturated rings. The molecule has 0 spiro atoms. The second-order valence-electron chi connectivity index (χ2n) is 7.33. The molecule has 3 rings (SSSR count). The van der Waals surface area contributed by atoms with Crippen LogP contribution in [0.25, 0.3) is 6.08 Å². The highest BCUT2D eigenvalue weighted by molar-refractivity contribution is 5.89. The highest BCUT2D eigenvalue weighted by Gasteiger charge is 2.11. The first-order valence-corrected chi connectivity index (χ1v) is 9.64. The topological polar surface area (TPSA) is 26.3 Å². The van der Waals surface area contributed by atoms with Crippen molar-refractivity contribution in [3.63, 3.8) is 0 Å². The molecular formula is C26H25FO2. The third-order valence-electron chi connectivity index (χ3n) is 4.87. The monoisotopic (exact) mass is 388 g/mol. The molecule has 0 aromatic heterocycles. The molecule has 0 radical (unpaired) electrons. The minimum Gasteiger partial charge on any atom is -0.465 e. The van der Waals surface area contributed by atoms with Crippen LogP contribution in [0.4, 0.5) is 4.39 Å². The molecule has 0 amide bonds. The van der Waals surface area contributed by atoms with E-state index in [1.807, 2.05) is 24.3 Å². The SMILES string of the molecule is COC(=O)c1ccc(/C=C/C(Cc2cc(C)cc(C)c2)c2cccc(F)c2)cc1. The molecule has 0 aliphatic carbocycles. The van der Waals surface area contributed by atoms with Crippen LogP contribution in [0, 0.1) is 19.7 Å². The summed E-state index contributed by atoms with van der Waals surface area (Å²) in [6.45, 7) is 4.18. The van der Waals surface area contributed by atoms with E-state index >= 15 is 0 Å². The maximum Gasteiger partial charge on any atom is 0.337 e. The molecule has 3 aromatic carbocycles. The molecule has 29 heavy (non-hydrogen) atoms. The van der Waals surface area contributed by atoms with Gasteiger partial charge in [-0.3, -0.25) is 0 Å². The summed E-state index contributed by atoms with van der Waals surface area (Å²) in [7, 11) is 1.37. The van der Waals surface area contributed by atoms with E-state index in [1.165, 1.54) is 29.9 Å². The van der Waals surface area contributed by atoms with Crippen molar-refractivity contribution in [1.29, 1.82) is 0 Å². The Kier molecular flexibility index (Phi) is 6.61. The van der Waals surface area contributed by atoms with Crippen molar-refractivity contribution in [2.45, 2.75) is 26.2 Å². The summed E-state index contributed by atoms with van der Waals surface area (Å²) in [5, 5.41) is 0. The summed E-state index contributed by atoms with van der Waals surface area (Å²) in [5.41, 5.74) is 6.09. The number of hydrogen-bond donors (Lipinski definition) is 0. The number of allylic oxidation sites excluding steroid dienone is 1. The second kappa shape index (κ2) is 9.33. The lowest BCUT2D eigenvalue weighted by atomic mass is 9.90. The van der Waals surface area contributed by atoms with Crippen LogP contribution in [0.3, 0.4) is 0 Å². The maximum atomic E-state index is 13.8. The van der Waals surface area contributed by atoms with E-state index in [0.717, 1.165) is 17.5 Å². The Morgan fingerprint density at radius 2 is 1.69 bits per heavy atom. The molecule has 0 heterocycles. The number of hydrogen-bond acceptors (Lipinski definition) is 2. The first-order chi connectivity index (χ1) is 13.9. The molecule has 1 unspecified atom stereocenters. The maximum absolute atomic E-state index is 13.8. The number of carbonyl (C=O) groups excluding carboxylic acids is 1. The molecule has 1 atom stereocenters. The minimum atomic E-state index is -0.354. The summed E-state index contributed by atoms with van der Waals surface area (Å²) >= 11 is 0. The van der Waals surface area contributed by atoms with Gasteiger partial charge in [0.05, 0.1) is 12.7 Å². The van der Waals surface area contributed by atoms with Gasteiger partial charge in [-0.2, -0.15) is 0 Å². The van der Waals surface area contributed by atoms with Crippen LogP contribution in [0.15, 0.2) is 72.8 Å². The minimum absolute atomic E-state index is 0.0344. The van der Waals surface area contributed by atoms with Crippen LogP contribution in [0.5, 0.6) is 0 Å². The van der Waals surface area contributed by atoms with Crippen molar-refractivity contribution in [2.24, 2.45) is 0 Å². The van der Waals surface area contributed by atoms with Crippen molar-refractivity contribution in [2.75, 3.05) is 7.11 Å². The zero-order valence-electron chi connectivity index (χ0n) is 17.0. The number of carbonyl (C=O) groups is 1. The van der Waals surface area contributed by atoms with Gasteiger partial charge in [-0.25, -0.2) is 9.18 Å². The summed E-state index contributed by atoms with van der Waals surface area (Å²) < 4.78 is 18.6. The van der Waals surface area contributed by atoms with Crippen LogP contribution in [0.2, 0.25) is 0 Å². The summed E-state index contributed by atoms with van der Waals surface area (Å²) in [4.78, 5) is 11.6. The van der Waals surface area contributed by atoms with Gasteiger partial charge in [-0.1, -0.05) is 65.7 Å². The van der Waals surface area contributed by atoms with Crippen LogP contribution >= 0.6 is 0 Å². The lowest BCUT2D eigenvalue weighted by Gasteiger charge is -2.15. The predicted molar refractivity (Wildman–Crippen MR) is 116 cm³/mol.